The van der Waals surface area contributed by atoms with Crippen molar-refractivity contribution < 1.29 is 14.3 Å². The van der Waals surface area contributed by atoms with Crippen molar-refractivity contribution in [3.63, 3.8) is 0 Å². The Morgan fingerprint density at radius 2 is 2.09 bits per heavy atom. The van der Waals surface area contributed by atoms with Crippen molar-refractivity contribution in [1.29, 1.82) is 0 Å². The van der Waals surface area contributed by atoms with Gasteiger partial charge in [0.05, 0.1) is 25.4 Å². The summed E-state index contributed by atoms with van der Waals surface area (Å²) in [5.41, 5.74) is 1.20. The van der Waals surface area contributed by atoms with E-state index in [-0.39, 0.29) is 12.2 Å². The summed E-state index contributed by atoms with van der Waals surface area (Å²) in [4.78, 5) is 11.7. The third-order valence-electron chi connectivity index (χ3n) is 4.25. The molecule has 0 N–H and O–H groups in total. The van der Waals surface area contributed by atoms with Gasteiger partial charge in [0.25, 0.3) is 0 Å². The third-order valence-corrected chi connectivity index (χ3v) is 4.25. The molecule has 0 bridgehead atoms. The normalized spacial score (nSPS) is 22.6. The van der Waals surface area contributed by atoms with Gasteiger partial charge in [0.2, 0.25) is 0 Å². The Balaban J connectivity index is 1.66. The highest BCUT2D eigenvalue weighted by molar-refractivity contribution is 5.78. The summed E-state index contributed by atoms with van der Waals surface area (Å²) in [6.07, 6.45) is 4.60. The molecule has 1 saturated heterocycles. The molecule has 1 aromatic carbocycles. The van der Waals surface area contributed by atoms with Crippen molar-refractivity contribution in [3.05, 3.63) is 35.9 Å². The number of benzene rings is 1. The van der Waals surface area contributed by atoms with Crippen molar-refractivity contribution in [1.82, 2.24) is 0 Å². The van der Waals surface area contributed by atoms with Crippen molar-refractivity contribution in [2.45, 2.75) is 64.8 Å². The first-order chi connectivity index (χ1) is 10.7. The molecule has 3 heteroatoms. The Hall–Kier alpha value is -1.19. The van der Waals surface area contributed by atoms with Crippen LogP contribution in [0.4, 0.5) is 0 Å². The van der Waals surface area contributed by atoms with E-state index >= 15 is 0 Å². The van der Waals surface area contributed by atoms with Crippen LogP contribution in [0.5, 0.6) is 0 Å². The SMILES string of the molecule is CCCC(=O)C[C@@H]1CC[C@H]([C@@H](C)COCc2ccccc2)O1. The molecular formula is C19H28O3. The summed E-state index contributed by atoms with van der Waals surface area (Å²) < 4.78 is 11.8. The molecule has 1 aliphatic rings. The summed E-state index contributed by atoms with van der Waals surface area (Å²) in [5, 5.41) is 0. The van der Waals surface area contributed by atoms with Crippen molar-refractivity contribution in [2.75, 3.05) is 6.61 Å². The fourth-order valence-electron chi connectivity index (χ4n) is 2.98. The molecule has 0 aromatic heterocycles. The lowest BCUT2D eigenvalue weighted by Crippen LogP contribution is -2.24. The van der Waals surface area contributed by atoms with Crippen LogP contribution in [0, 0.1) is 5.92 Å². The van der Waals surface area contributed by atoms with Gasteiger partial charge in [0, 0.05) is 18.8 Å². The van der Waals surface area contributed by atoms with E-state index in [0.717, 1.165) is 19.3 Å². The fourth-order valence-corrected chi connectivity index (χ4v) is 2.98. The zero-order valence-electron chi connectivity index (χ0n) is 13.8. The summed E-state index contributed by atoms with van der Waals surface area (Å²) in [7, 11) is 0. The maximum absolute atomic E-state index is 11.7. The first kappa shape index (κ1) is 17.2. The third kappa shape index (κ3) is 5.54. The second-order valence-electron chi connectivity index (χ2n) is 6.34. The first-order valence-corrected chi connectivity index (χ1v) is 8.48. The van der Waals surface area contributed by atoms with Gasteiger partial charge in [-0.2, -0.15) is 0 Å². The van der Waals surface area contributed by atoms with E-state index in [0.29, 0.717) is 37.8 Å². The predicted octanol–water partition coefficient (Wildman–Crippen LogP) is 4.15. The lowest BCUT2D eigenvalue weighted by atomic mass is 10.0. The van der Waals surface area contributed by atoms with Gasteiger partial charge in [0.1, 0.15) is 5.78 Å². The van der Waals surface area contributed by atoms with E-state index in [2.05, 4.69) is 19.1 Å². The second-order valence-corrected chi connectivity index (χ2v) is 6.34. The molecule has 0 aliphatic carbocycles. The minimum absolute atomic E-state index is 0.126. The quantitative estimate of drug-likeness (QED) is 0.687. The predicted molar refractivity (Wildman–Crippen MR) is 87.7 cm³/mol. The van der Waals surface area contributed by atoms with Crippen molar-refractivity contribution in [2.24, 2.45) is 5.92 Å². The molecular weight excluding hydrogens is 276 g/mol. The number of Topliss-reactive ketones (excluding diaryl/α,β-unsaturated/α-hetero) is 1. The Labute approximate surface area is 134 Å². The zero-order chi connectivity index (χ0) is 15.8. The maximum Gasteiger partial charge on any atom is 0.135 e. The van der Waals surface area contributed by atoms with Gasteiger partial charge >= 0.3 is 0 Å². The van der Waals surface area contributed by atoms with Crippen LogP contribution in [-0.4, -0.2) is 24.6 Å². The summed E-state index contributed by atoms with van der Waals surface area (Å²) in [5.74, 6) is 0.705. The lowest BCUT2D eigenvalue weighted by Gasteiger charge is -2.20. The summed E-state index contributed by atoms with van der Waals surface area (Å²) >= 11 is 0. The Bertz CT molecular complexity index is 443. The van der Waals surface area contributed by atoms with Gasteiger partial charge in [-0.05, 0) is 24.8 Å². The molecule has 0 spiro atoms. The standard InChI is InChI=1S/C19H28O3/c1-3-7-17(20)12-18-10-11-19(22-18)15(2)13-21-14-16-8-5-4-6-9-16/h4-6,8-9,15,18-19H,3,7,10-14H2,1-2H3/t15-,18-,19+/m0/s1. The number of ketones is 1. The van der Waals surface area contributed by atoms with Crippen LogP contribution in [0.15, 0.2) is 30.3 Å². The lowest BCUT2D eigenvalue weighted by molar-refractivity contribution is -0.122. The van der Waals surface area contributed by atoms with Crippen LogP contribution in [0.1, 0.15) is 51.5 Å². The molecule has 1 aliphatic heterocycles. The van der Waals surface area contributed by atoms with E-state index in [1.165, 1.54) is 5.56 Å². The minimum atomic E-state index is 0.126. The van der Waals surface area contributed by atoms with Crippen LogP contribution in [-0.2, 0) is 20.9 Å². The number of carbonyl (C=O) groups excluding carboxylic acids is 1. The highest BCUT2D eigenvalue weighted by atomic mass is 16.5. The molecule has 3 nitrogen and oxygen atoms in total. The van der Waals surface area contributed by atoms with Gasteiger partial charge in [-0.15, -0.1) is 0 Å². The number of hydrogen-bond acceptors (Lipinski definition) is 3. The van der Waals surface area contributed by atoms with E-state index in [9.17, 15) is 4.79 Å². The highest BCUT2D eigenvalue weighted by Gasteiger charge is 2.30. The van der Waals surface area contributed by atoms with Gasteiger partial charge < -0.3 is 9.47 Å². The Morgan fingerprint density at radius 1 is 1.32 bits per heavy atom. The number of hydrogen-bond donors (Lipinski definition) is 0. The fraction of sp³-hybridized carbons (Fsp3) is 0.632. The van der Waals surface area contributed by atoms with Crippen LogP contribution >= 0.6 is 0 Å². The molecule has 1 aromatic rings. The van der Waals surface area contributed by atoms with E-state index < -0.39 is 0 Å². The maximum atomic E-state index is 11.7. The van der Waals surface area contributed by atoms with Gasteiger partial charge in [0.15, 0.2) is 0 Å². The van der Waals surface area contributed by atoms with Crippen LogP contribution in [0.3, 0.4) is 0 Å². The molecule has 1 fully saturated rings. The number of carbonyl (C=O) groups is 1. The Morgan fingerprint density at radius 3 is 2.82 bits per heavy atom. The molecule has 0 amide bonds. The van der Waals surface area contributed by atoms with Gasteiger partial charge in [-0.1, -0.05) is 44.2 Å². The zero-order valence-corrected chi connectivity index (χ0v) is 13.8. The van der Waals surface area contributed by atoms with Crippen molar-refractivity contribution >= 4 is 5.78 Å². The average molecular weight is 304 g/mol. The highest BCUT2D eigenvalue weighted by Crippen LogP contribution is 2.28. The number of ether oxygens (including phenoxy) is 2. The number of rotatable bonds is 9. The first-order valence-electron chi connectivity index (χ1n) is 8.48. The van der Waals surface area contributed by atoms with Crippen LogP contribution in [0.2, 0.25) is 0 Å². The molecule has 0 saturated carbocycles. The van der Waals surface area contributed by atoms with E-state index in [4.69, 9.17) is 9.47 Å². The van der Waals surface area contributed by atoms with E-state index in [1.807, 2.05) is 25.1 Å². The smallest absolute Gasteiger partial charge is 0.135 e. The minimum Gasteiger partial charge on any atom is -0.376 e. The summed E-state index contributed by atoms with van der Waals surface area (Å²) in [6.45, 7) is 5.57. The van der Waals surface area contributed by atoms with E-state index in [1.54, 1.807) is 0 Å². The molecule has 1 heterocycles. The summed E-state index contributed by atoms with van der Waals surface area (Å²) in [6, 6.07) is 10.2. The molecule has 3 atom stereocenters. The average Bonchev–Trinajstić information content (AvgIpc) is 2.97. The van der Waals surface area contributed by atoms with Gasteiger partial charge in [-0.3, -0.25) is 4.79 Å². The molecule has 0 radical (unpaired) electrons. The Kier molecular flexibility index (Phi) is 7.07. The molecule has 22 heavy (non-hydrogen) atoms. The van der Waals surface area contributed by atoms with Crippen LogP contribution < -0.4 is 0 Å². The van der Waals surface area contributed by atoms with Crippen molar-refractivity contribution in [3.8, 4) is 0 Å². The molecule has 122 valence electrons. The van der Waals surface area contributed by atoms with Crippen LogP contribution in [0.25, 0.3) is 0 Å². The molecule has 2 rings (SSSR count). The second kappa shape index (κ2) is 9.06. The monoisotopic (exact) mass is 304 g/mol. The van der Waals surface area contributed by atoms with Gasteiger partial charge in [-0.25, -0.2) is 0 Å². The largest absolute Gasteiger partial charge is 0.376 e. The topological polar surface area (TPSA) is 35.5 Å². The molecule has 0 unspecified atom stereocenters.